The Labute approximate surface area is 159 Å². The van der Waals surface area contributed by atoms with E-state index >= 15 is 0 Å². The molecule has 0 aliphatic carbocycles. The zero-order valence-electron chi connectivity index (χ0n) is 15.3. The van der Waals surface area contributed by atoms with E-state index in [1.807, 2.05) is 18.2 Å². The third-order valence-electron chi connectivity index (χ3n) is 4.52. The van der Waals surface area contributed by atoms with Crippen molar-refractivity contribution in [2.45, 2.75) is 31.7 Å². The summed E-state index contributed by atoms with van der Waals surface area (Å²) in [6, 6.07) is 11.0. The minimum absolute atomic E-state index is 0.0183. The molecule has 0 radical (unpaired) electrons. The van der Waals surface area contributed by atoms with Gasteiger partial charge in [-0.05, 0) is 37.5 Å². The quantitative estimate of drug-likeness (QED) is 0.729. The molecule has 1 aromatic carbocycles. The Kier molecular flexibility index (Phi) is 6.73. The molecule has 0 bridgehead atoms. The van der Waals surface area contributed by atoms with Gasteiger partial charge in [-0.25, -0.2) is 9.97 Å². The minimum Gasteiger partial charge on any atom is -0.352 e. The summed E-state index contributed by atoms with van der Waals surface area (Å²) in [7, 11) is 0. The highest BCUT2D eigenvalue weighted by molar-refractivity contribution is 5.94. The predicted octanol–water partition coefficient (Wildman–Crippen LogP) is 1.77. The lowest BCUT2D eigenvalue weighted by molar-refractivity contribution is -0.121. The van der Waals surface area contributed by atoms with Crippen LogP contribution >= 0.6 is 0 Å². The number of nitrogens with zero attached hydrogens (tertiary/aromatic N) is 3. The van der Waals surface area contributed by atoms with Gasteiger partial charge in [0.15, 0.2) is 0 Å². The zero-order chi connectivity index (χ0) is 18.9. The van der Waals surface area contributed by atoms with E-state index in [1.165, 1.54) is 0 Å². The van der Waals surface area contributed by atoms with E-state index in [0.717, 1.165) is 25.9 Å². The molecule has 3 rings (SSSR count). The van der Waals surface area contributed by atoms with E-state index in [-0.39, 0.29) is 17.9 Å². The van der Waals surface area contributed by atoms with Gasteiger partial charge in [-0.3, -0.25) is 9.59 Å². The maximum Gasteiger partial charge on any atom is 0.251 e. The summed E-state index contributed by atoms with van der Waals surface area (Å²) in [6.07, 6.45) is 6.43. The van der Waals surface area contributed by atoms with Crippen LogP contribution in [0, 0.1) is 0 Å². The number of benzene rings is 1. The maximum absolute atomic E-state index is 12.2. The van der Waals surface area contributed by atoms with Crippen molar-refractivity contribution in [1.82, 2.24) is 20.6 Å². The van der Waals surface area contributed by atoms with Gasteiger partial charge in [0.25, 0.3) is 5.91 Å². The number of hydrogen-bond donors (Lipinski definition) is 2. The summed E-state index contributed by atoms with van der Waals surface area (Å²) in [4.78, 5) is 34.8. The first kappa shape index (κ1) is 18.8. The average molecular weight is 367 g/mol. The van der Waals surface area contributed by atoms with Crippen LogP contribution in [0.4, 0.5) is 5.95 Å². The molecule has 7 nitrogen and oxygen atoms in total. The third kappa shape index (κ3) is 5.77. The van der Waals surface area contributed by atoms with Crippen LogP contribution in [-0.2, 0) is 4.79 Å². The fraction of sp³-hybridized carbons (Fsp3) is 0.400. The molecule has 2 N–H and O–H groups in total. The Balaban J connectivity index is 1.36. The van der Waals surface area contributed by atoms with Gasteiger partial charge in [-0.15, -0.1) is 0 Å². The highest BCUT2D eigenvalue weighted by Crippen LogP contribution is 2.15. The summed E-state index contributed by atoms with van der Waals surface area (Å²) < 4.78 is 0. The molecule has 0 saturated carbocycles. The second-order valence-corrected chi connectivity index (χ2v) is 6.63. The highest BCUT2D eigenvalue weighted by Gasteiger charge is 2.22. The Bertz CT molecular complexity index is 739. The number of hydrogen-bond acceptors (Lipinski definition) is 5. The molecular weight excluding hydrogens is 342 g/mol. The van der Waals surface area contributed by atoms with Crippen molar-refractivity contribution >= 4 is 17.8 Å². The van der Waals surface area contributed by atoms with E-state index in [1.54, 1.807) is 30.6 Å². The van der Waals surface area contributed by atoms with Crippen LogP contribution in [0.2, 0.25) is 0 Å². The summed E-state index contributed by atoms with van der Waals surface area (Å²) in [5.74, 6) is 0.617. The van der Waals surface area contributed by atoms with Gasteiger partial charge < -0.3 is 15.5 Å². The Morgan fingerprint density at radius 1 is 1.11 bits per heavy atom. The SMILES string of the molecule is O=C(CCCNC(=O)c1ccccc1)NC1CCCN(c2ncccn2)C1. The molecule has 1 unspecified atom stereocenters. The standard InChI is InChI=1S/C20H25N5O2/c26-18(10-4-11-21-19(27)16-7-2-1-3-8-16)24-17-9-5-14-25(15-17)20-22-12-6-13-23-20/h1-3,6-8,12-13,17H,4-5,9-11,14-15H2,(H,21,27)(H,24,26). The minimum atomic E-state index is -0.109. The van der Waals surface area contributed by atoms with Crippen molar-refractivity contribution in [1.29, 1.82) is 0 Å². The van der Waals surface area contributed by atoms with Gasteiger partial charge in [0.05, 0.1) is 0 Å². The van der Waals surface area contributed by atoms with Gasteiger partial charge in [-0.2, -0.15) is 0 Å². The van der Waals surface area contributed by atoms with Gasteiger partial charge in [0, 0.05) is 50.1 Å². The second-order valence-electron chi connectivity index (χ2n) is 6.63. The van der Waals surface area contributed by atoms with Crippen molar-refractivity contribution in [2.24, 2.45) is 0 Å². The Hall–Kier alpha value is -2.96. The van der Waals surface area contributed by atoms with Crippen LogP contribution in [0.1, 0.15) is 36.0 Å². The number of anilines is 1. The molecule has 27 heavy (non-hydrogen) atoms. The van der Waals surface area contributed by atoms with Gasteiger partial charge >= 0.3 is 0 Å². The van der Waals surface area contributed by atoms with Crippen LogP contribution in [-0.4, -0.2) is 47.5 Å². The molecule has 1 aliphatic heterocycles. The largest absolute Gasteiger partial charge is 0.352 e. The Morgan fingerprint density at radius 2 is 1.89 bits per heavy atom. The average Bonchev–Trinajstić information content (AvgIpc) is 2.72. The van der Waals surface area contributed by atoms with E-state index in [2.05, 4.69) is 25.5 Å². The molecule has 7 heteroatoms. The molecule has 2 aromatic rings. The van der Waals surface area contributed by atoms with Gasteiger partial charge in [0.1, 0.15) is 0 Å². The van der Waals surface area contributed by atoms with Gasteiger partial charge in [0.2, 0.25) is 11.9 Å². The van der Waals surface area contributed by atoms with Crippen LogP contribution in [0.3, 0.4) is 0 Å². The first-order chi connectivity index (χ1) is 13.2. The fourth-order valence-electron chi connectivity index (χ4n) is 3.17. The zero-order valence-corrected chi connectivity index (χ0v) is 15.3. The summed E-state index contributed by atoms with van der Waals surface area (Å²) in [5.41, 5.74) is 0.632. The number of nitrogens with one attached hydrogen (secondary N) is 2. The lowest BCUT2D eigenvalue weighted by Gasteiger charge is -2.33. The lowest BCUT2D eigenvalue weighted by Crippen LogP contribution is -2.48. The first-order valence-corrected chi connectivity index (χ1v) is 9.37. The van der Waals surface area contributed by atoms with E-state index in [0.29, 0.717) is 30.9 Å². The number of carbonyl (C=O) groups is 2. The van der Waals surface area contributed by atoms with Crippen molar-refractivity contribution in [3.05, 3.63) is 54.4 Å². The van der Waals surface area contributed by atoms with Crippen molar-refractivity contribution in [2.75, 3.05) is 24.5 Å². The van der Waals surface area contributed by atoms with Crippen LogP contribution in [0.5, 0.6) is 0 Å². The molecule has 2 amide bonds. The molecule has 0 spiro atoms. The summed E-state index contributed by atoms with van der Waals surface area (Å²) in [5, 5.41) is 5.93. The van der Waals surface area contributed by atoms with E-state index in [9.17, 15) is 9.59 Å². The molecule has 142 valence electrons. The number of aromatic nitrogens is 2. The molecule has 1 atom stereocenters. The van der Waals surface area contributed by atoms with Crippen molar-refractivity contribution in [3.63, 3.8) is 0 Å². The molecule has 2 heterocycles. The molecule has 1 aromatic heterocycles. The molecule has 1 fully saturated rings. The number of amides is 2. The summed E-state index contributed by atoms with van der Waals surface area (Å²) >= 11 is 0. The summed E-state index contributed by atoms with van der Waals surface area (Å²) in [6.45, 7) is 2.11. The van der Waals surface area contributed by atoms with Crippen LogP contribution in [0.25, 0.3) is 0 Å². The smallest absolute Gasteiger partial charge is 0.251 e. The van der Waals surface area contributed by atoms with Crippen LogP contribution in [0.15, 0.2) is 48.8 Å². The Morgan fingerprint density at radius 3 is 2.67 bits per heavy atom. The second kappa shape index (κ2) is 9.66. The van der Waals surface area contributed by atoms with Gasteiger partial charge in [-0.1, -0.05) is 18.2 Å². The molecule has 1 saturated heterocycles. The van der Waals surface area contributed by atoms with Crippen molar-refractivity contribution < 1.29 is 9.59 Å². The molecule has 1 aliphatic rings. The number of piperidine rings is 1. The normalized spacial score (nSPS) is 16.6. The first-order valence-electron chi connectivity index (χ1n) is 9.37. The van der Waals surface area contributed by atoms with Crippen molar-refractivity contribution in [3.8, 4) is 0 Å². The van der Waals surface area contributed by atoms with E-state index in [4.69, 9.17) is 0 Å². The fourth-order valence-corrected chi connectivity index (χ4v) is 3.17. The maximum atomic E-state index is 12.2. The van der Waals surface area contributed by atoms with E-state index < -0.39 is 0 Å². The van der Waals surface area contributed by atoms with Crippen LogP contribution < -0.4 is 15.5 Å². The predicted molar refractivity (Wildman–Crippen MR) is 103 cm³/mol. The number of carbonyl (C=O) groups excluding carboxylic acids is 2. The molecular formula is C20H25N5O2. The topological polar surface area (TPSA) is 87.2 Å². The third-order valence-corrected chi connectivity index (χ3v) is 4.52. The lowest BCUT2D eigenvalue weighted by atomic mass is 10.1. The number of rotatable bonds is 7. The monoisotopic (exact) mass is 367 g/mol. The highest BCUT2D eigenvalue weighted by atomic mass is 16.2.